The third-order valence-corrected chi connectivity index (χ3v) is 6.73. The summed E-state index contributed by atoms with van der Waals surface area (Å²) in [5, 5.41) is 4.46. The smallest absolute Gasteiger partial charge is 0.307 e. The number of hydrogen-bond acceptors (Lipinski definition) is 5. The molecule has 3 aromatic carbocycles. The van der Waals surface area contributed by atoms with E-state index in [1.807, 2.05) is 30.3 Å². The number of fused-ring (bicyclic) bond motifs is 1. The van der Waals surface area contributed by atoms with Crippen molar-refractivity contribution in [3.63, 3.8) is 0 Å². The van der Waals surface area contributed by atoms with Crippen LogP contribution in [0.15, 0.2) is 77.7 Å². The average Bonchev–Trinajstić information content (AvgIpc) is 2.78. The summed E-state index contributed by atoms with van der Waals surface area (Å²) < 4.78 is 31.6. The second-order valence-corrected chi connectivity index (χ2v) is 9.13. The molecule has 0 aromatic heterocycles. The van der Waals surface area contributed by atoms with Gasteiger partial charge in [-0.05, 0) is 28.5 Å². The largest absolute Gasteiger partial charge is 0.469 e. The molecule has 0 aliphatic carbocycles. The van der Waals surface area contributed by atoms with Gasteiger partial charge in [0, 0.05) is 7.05 Å². The molecule has 1 N–H and O–H groups in total. The molecule has 0 aliphatic heterocycles. The minimum absolute atomic E-state index is 0.0621. The molecule has 0 heterocycles. The summed E-state index contributed by atoms with van der Waals surface area (Å²) in [4.78, 5) is 24.5. The van der Waals surface area contributed by atoms with E-state index in [0.29, 0.717) is 0 Å². The summed E-state index contributed by atoms with van der Waals surface area (Å²) in [5.41, 5.74) is 0.723. The van der Waals surface area contributed by atoms with Gasteiger partial charge < -0.3 is 10.1 Å². The zero-order valence-corrected chi connectivity index (χ0v) is 18.1. The second kappa shape index (κ2) is 9.72. The van der Waals surface area contributed by atoms with Crippen LogP contribution in [-0.4, -0.2) is 45.3 Å². The Morgan fingerprint density at radius 3 is 2.29 bits per heavy atom. The number of hydrogen-bond donors (Lipinski definition) is 1. The number of carbonyl (C=O) groups excluding carboxylic acids is 2. The molecule has 3 rings (SSSR count). The molecule has 0 spiro atoms. The van der Waals surface area contributed by atoms with Crippen LogP contribution in [0.5, 0.6) is 0 Å². The number of methoxy groups -OCH3 is 1. The van der Waals surface area contributed by atoms with Crippen molar-refractivity contribution in [2.24, 2.45) is 0 Å². The molecule has 0 fully saturated rings. The number of rotatable bonds is 8. The number of amides is 1. The molecule has 162 valence electrons. The maximum Gasteiger partial charge on any atom is 0.307 e. The highest BCUT2D eigenvalue weighted by molar-refractivity contribution is 7.89. The lowest BCUT2D eigenvalue weighted by Gasteiger charge is -2.21. The second-order valence-electron chi connectivity index (χ2n) is 7.08. The Hall–Kier alpha value is -3.23. The van der Waals surface area contributed by atoms with Gasteiger partial charge in [0.25, 0.3) is 0 Å². The third-order valence-electron chi connectivity index (χ3n) is 4.93. The number of ether oxygens (including phenoxy) is 1. The topological polar surface area (TPSA) is 92.8 Å². The van der Waals surface area contributed by atoms with Gasteiger partial charge >= 0.3 is 5.97 Å². The van der Waals surface area contributed by atoms with Crippen molar-refractivity contribution in [2.75, 3.05) is 20.7 Å². The van der Waals surface area contributed by atoms with Gasteiger partial charge in [-0.3, -0.25) is 9.59 Å². The summed E-state index contributed by atoms with van der Waals surface area (Å²) in [6, 6.07) is 20.6. The predicted molar refractivity (Wildman–Crippen MR) is 118 cm³/mol. The number of carbonyl (C=O) groups is 2. The van der Waals surface area contributed by atoms with E-state index < -0.39 is 27.9 Å². The fraction of sp³-hybridized carbons (Fsp3) is 0.217. The van der Waals surface area contributed by atoms with Crippen molar-refractivity contribution < 1.29 is 22.7 Å². The van der Waals surface area contributed by atoms with E-state index in [4.69, 9.17) is 4.74 Å². The van der Waals surface area contributed by atoms with E-state index in [1.165, 1.54) is 20.2 Å². The van der Waals surface area contributed by atoms with E-state index >= 15 is 0 Å². The normalized spacial score (nSPS) is 12.5. The molecular weight excluding hydrogens is 416 g/mol. The zero-order chi connectivity index (χ0) is 22.4. The van der Waals surface area contributed by atoms with Crippen molar-refractivity contribution >= 4 is 32.7 Å². The van der Waals surface area contributed by atoms with Gasteiger partial charge in [-0.15, -0.1) is 0 Å². The van der Waals surface area contributed by atoms with Gasteiger partial charge in [-0.2, -0.15) is 4.31 Å². The number of nitrogens with one attached hydrogen (secondary N) is 1. The molecule has 3 aromatic rings. The Morgan fingerprint density at radius 1 is 0.968 bits per heavy atom. The summed E-state index contributed by atoms with van der Waals surface area (Å²) >= 11 is 0. The highest BCUT2D eigenvalue weighted by Gasteiger charge is 2.25. The van der Waals surface area contributed by atoms with Crippen LogP contribution in [0, 0.1) is 0 Å². The quantitative estimate of drug-likeness (QED) is 0.544. The molecule has 0 saturated heterocycles. The first-order valence-corrected chi connectivity index (χ1v) is 11.1. The summed E-state index contributed by atoms with van der Waals surface area (Å²) in [6.45, 7) is -0.389. The maximum atomic E-state index is 13.0. The molecule has 31 heavy (non-hydrogen) atoms. The van der Waals surface area contributed by atoms with Crippen molar-refractivity contribution in [1.29, 1.82) is 0 Å². The van der Waals surface area contributed by atoms with E-state index in [-0.39, 0.29) is 17.9 Å². The number of sulfonamides is 1. The van der Waals surface area contributed by atoms with Crippen LogP contribution in [0.2, 0.25) is 0 Å². The van der Waals surface area contributed by atoms with Crippen LogP contribution in [0.3, 0.4) is 0 Å². The first-order valence-electron chi connectivity index (χ1n) is 9.67. The number of likely N-dealkylation sites (N-methyl/N-ethyl adjacent to an activating group) is 1. The Morgan fingerprint density at radius 2 is 1.61 bits per heavy atom. The Kier molecular flexibility index (Phi) is 7.04. The van der Waals surface area contributed by atoms with Gasteiger partial charge in [0.05, 0.1) is 31.0 Å². The maximum absolute atomic E-state index is 13.0. The molecule has 0 radical (unpaired) electrons. The zero-order valence-electron chi connectivity index (χ0n) is 17.3. The SMILES string of the molecule is COC(=O)C[C@@H](NC(=O)CN(C)S(=O)(=O)c1ccc2ccccc2c1)c1ccccc1. The molecule has 8 heteroatoms. The van der Waals surface area contributed by atoms with E-state index in [2.05, 4.69) is 5.32 Å². The lowest BCUT2D eigenvalue weighted by Crippen LogP contribution is -2.40. The fourth-order valence-electron chi connectivity index (χ4n) is 3.22. The summed E-state index contributed by atoms with van der Waals surface area (Å²) in [7, 11) is -1.25. The van der Waals surface area contributed by atoms with Crippen molar-refractivity contribution in [1.82, 2.24) is 9.62 Å². The lowest BCUT2D eigenvalue weighted by atomic mass is 10.0. The van der Waals surface area contributed by atoms with Gasteiger partial charge in [-0.25, -0.2) is 8.42 Å². The third kappa shape index (κ3) is 5.48. The standard InChI is InChI=1S/C23H24N2O5S/c1-25(31(28,29)20-13-12-17-8-6-7-11-19(17)14-20)16-22(26)24-21(15-23(27)30-2)18-9-4-3-5-10-18/h3-14,21H,15-16H2,1-2H3,(H,24,26)/t21-/m1/s1. The highest BCUT2D eigenvalue weighted by Crippen LogP contribution is 2.22. The molecule has 0 bridgehead atoms. The summed E-state index contributed by atoms with van der Waals surface area (Å²) in [5.74, 6) is -1.00. The fourth-order valence-corrected chi connectivity index (χ4v) is 4.39. The van der Waals surface area contributed by atoms with Crippen molar-refractivity contribution in [2.45, 2.75) is 17.4 Å². The summed E-state index contributed by atoms with van der Waals surface area (Å²) in [6.07, 6.45) is -0.0621. The predicted octanol–water partition coefficient (Wildman–Crippen LogP) is 2.88. The first-order chi connectivity index (χ1) is 14.8. The van der Waals surface area contributed by atoms with Crippen LogP contribution in [0.4, 0.5) is 0 Å². The van der Waals surface area contributed by atoms with Gasteiger partial charge in [-0.1, -0.05) is 60.7 Å². The first kappa shape index (κ1) is 22.5. The highest BCUT2D eigenvalue weighted by atomic mass is 32.2. The molecule has 1 atom stereocenters. The number of benzene rings is 3. The lowest BCUT2D eigenvalue weighted by molar-refractivity contribution is -0.141. The van der Waals surface area contributed by atoms with Crippen LogP contribution in [0.25, 0.3) is 10.8 Å². The molecule has 7 nitrogen and oxygen atoms in total. The molecular formula is C23H24N2O5S. The Labute approximate surface area is 181 Å². The van der Waals surface area contributed by atoms with Crippen LogP contribution < -0.4 is 5.32 Å². The molecule has 0 aliphatic rings. The van der Waals surface area contributed by atoms with Gasteiger partial charge in [0.2, 0.25) is 15.9 Å². The Bertz CT molecular complexity index is 1180. The van der Waals surface area contributed by atoms with Crippen LogP contribution in [-0.2, 0) is 24.3 Å². The number of esters is 1. The number of nitrogens with zero attached hydrogens (tertiary/aromatic N) is 1. The van der Waals surface area contributed by atoms with E-state index in [9.17, 15) is 18.0 Å². The molecule has 1 amide bonds. The monoisotopic (exact) mass is 440 g/mol. The average molecular weight is 441 g/mol. The molecule has 0 saturated carbocycles. The van der Waals surface area contributed by atoms with Crippen molar-refractivity contribution in [3.8, 4) is 0 Å². The van der Waals surface area contributed by atoms with Crippen LogP contribution >= 0.6 is 0 Å². The molecule has 0 unspecified atom stereocenters. The van der Waals surface area contributed by atoms with Gasteiger partial charge in [0.15, 0.2) is 0 Å². The Balaban J connectivity index is 1.74. The van der Waals surface area contributed by atoms with E-state index in [0.717, 1.165) is 20.6 Å². The minimum atomic E-state index is -3.87. The van der Waals surface area contributed by atoms with Crippen molar-refractivity contribution in [3.05, 3.63) is 78.4 Å². The van der Waals surface area contributed by atoms with Gasteiger partial charge in [0.1, 0.15) is 0 Å². The van der Waals surface area contributed by atoms with E-state index in [1.54, 1.807) is 36.4 Å². The van der Waals surface area contributed by atoms with Crippen LogP contribution in [0.1, 0.15) is 18.0 Å². The minimum Gasteiger partial charge on any atom is -0.469 e.